The summed E-state index contributed by atoms with van der Waals surface area (Å²) >= 11 is 0. The van der Waals surface area contributed by atoms with Crippen LogP contribution in [0.2, 0.25) is 0 Å². The Balaban J connectivity index is 3.04. The Morgan fingerprint density at radius 3 is 2.06 bits per heavy atom. The highest BCUT2D eigenvalue weighted by atomic mass is 31.2. The highest BCUT2D eigenvalue weighted by Gasteiger charge is 2.44. The van der Waals surface area contributed by atoms with E-state index in [1.54, 1.807) is 0 Å². The Morgan fingerprint density at radius 2 is 1.67 bits per heavy atom. The summed E-state index contributed by atoms with van der Waals surface area (Å²) in [5.74, 6) is 0. The van der Waals surface area contributed by atoms with E-state index in [-0.39, 0.29) is 11.1 Å². The second-order valence-corrected chi connectivity index (χ2v) is 8.80. The van der Waals surface area contributed by atoms with Crippen LogP contribution in [-0.2, 0) is 4.52 Å². The van der Waals surface area contributed by atoms with Gasteiger partial charge in [0.1, 0.15) is 0 Å². The molecule has 1 aliphatic heterocycles. The zero-order valence-electron chi connectivity index (χ0n) is 13.4. The number of nitrogens with zero attached hydrogens (tertiary/aromatic N) is 2. The predicted octanol–water partition coefficient (Wildman–Crippen LogP) is 4.24. The topological polar surface area (TPSA) is 15.7 Å². The lowest BCUT2D eigenvalue weighted by Gasteiger charge is -2.54. The van der Waals surface area contributed by atoms with Gasteiger partial charge in [-0.05, 0) is 61.8 Å². The molecule has 0 spiro atoms. The van der Waals surface area contributed by atoms with Crippen molar-refractivity contribution in [2.75, 3.05) is 13.2 Å². The fraction of sp³-hybridized carbons (Fsp3) is 1.00. The third-order valence-electron chi connectivity index (χ3n) is 3.27. The molecule has 1 rings (SSSR count). The van der Waals surface area contributed by atoms with Crippen LogP contribution in [0.25, 0.3) is 0 Å². The maximum absolute atomic E-state index is 6.15. The minimum atomic E-state index is -0.648. The minimum absolute atomic E-state index is 0.157. The molecule has 0 aromatic rings. The first-order valence-corrected chi connectivity index (χ1v) is 8.25. The van der Waals surface area contributed by atoms with Crippen molar-refractivity contribution in [1.29, 1.82) is 0 Å². The van der Waals surface area contributed by atoms with Gasteiger partial charge in [-0.3, -0.25) is 0 Å². The molecule has 2 atom stereocenters. The third-order valence-corrected chi connectivity index (χ3v) is 6.34. The Hall–Kier alpha value is 0.310. The van der Waals surface area contributed by atoms with E-state index in [0.717, 1.165) is 13.2 Å². The van der Waals surface area contributed by atoms with Crippen LogP contribution in [-0.4, -0.2) is 39.6 Å². The molecule has 108 valence electrons. The molecule has 0 unspecified atom stereocenters. The van der Waals surface area contributed by atoms with E-state index in [0.29, 0.717) is 6.04 Å². The molecule has 1 aliphatic rings. The van der Waals surface area contributed by atoms with Gasteiger partial charge in [0.15, 0.2) is 8.45 Å². The molecular weight excluding hydrogens is 243 g/mol. The molecule has 0 amide bonds. The second kappa shape index (κ2) is 5.75. The van der Waals surface area contributed by atoms with Gasteiger partial charge < -0.3 is 4.52 Å². The summed E-state index contributed by atoms with van der Waals surface area (Å²) in [5, 5.41) is 0. The average Bonchev–Trinajstić information content (AvgIpc) is 2.13. The molecule has 18 heavy (non-hydrogen) atoms. The highest BCUT2D eigenvalue weighted by molar-refractivity contribution is 7.47. The summed E-state index contributed by atoms with van der Waals surface area (Å²) in [5.41, 5.74) is 0.328. The van der Waals surface area contributed by atoms with Gasteiger partial charge in [-0.15, -0.1) is 0 Å². The molecule has 0 N–H and O–H groups in total. The van der Waals surface area contributed by atoms with Crippen LogP contribution in [0.5, 0.6) is 0 Å². The van der Waals surface area contributed by atoms with Crippen molar-refractivity contribution in [2.45, 2.75) is 78.9 Å². The minimum Gasteiger partial charge on any atom is -0.332 e. The maximum atomic E-state index is 6.15. The van der Waals surface area contributed by atoms with Gasteiger partial charge in [0, 0.05) is 23.7 Å². The molecule has 1 heterocycles. The van der Waals surface area contributed by atoms with Gasteiger partial charge in [-0.2, -0.15) is 0 Å². The Morgan fingerprint density at radius 1 is 1.11 bits per heavy atom. The lowest BCUT2D eigenvalue weighted by atomic mass is 10.0. The van der Waals surface area contributed by atoms with Crippen LogP contribution < -0.4 is 0 Å². The van der Waals surface area contributed by atoms with E-state index >= 15 is 0 Å². The molecule has 0 aliphatic carbocycles. The standard InChI is InChI=1S/C14H31N2OP/c1-9-17-18-15(13(3,4)5)11-10-12(2)16(18)14(6,7)8/h12H,9-11H2,1-8H3/t12-,18-/m1/s1. The largest absolute Gasteiger partial charge is 0.332 e. The molecule has 3 nitrogen and oxygen atoms in total. The van der Waals surface area contributed by atoms with Crippen molar-refractivity contribution < 1.29 is 4.52 Å². The molecule has 0 radical (unpaired) electrons. The van der Waals surface area contributed by atoms with Gasteiger partial charge in [0.25, 0.3) is 0 Å². The third kappa shape index (κ3) is 3.66. The summed E-state index contributed by atoms with van der Waals surface area (Å²) in [6, 6.07) is 0.598. The number of hydrogen-bond acceptors (Lipinski definition) is 3. The first-order valence-electron chi connectivity index (χ1n) is 7.09. The lowest BCUT2D eigenvalue weighted by Crippen LogP contribution is -2.54. The zero-order valence-corrected chi connectivity index (χ0v) is 14.3. The summed E-state index contributed by atoms with van der Waals surface area (Å²) in [7, 11) is -0.648. The molecule has 4 heteroatoms. The quantitative estimate of drug-likeness (QED) is 0.700. The Labute approximate surface area is 115 Å². The average molecular weight is 274 g/mol. The van der Waals surface area contributed by atoms with Crippen molar-refractivity contribution in [3.8, 4) is 0 Å². The maximum Gasteiger partial charge on any atom is 0.189 e. The molecule has 0 saturated carbocycles. The van der Waals surface area contributed by atoms with E-state index in [1.165, 1.54) is 6.42 Å². The normalized spacial score (nSPS) is 28.7. The fourth-order valence-corrected chi connectivity index (χ4v) is 5.05. The van der Waals surface area contributed by atoms with Crippen LogP contribution in [0.3, 0.4) is 0 Å². The molecular formula is C14H31N2OP. The zero-order chi connectivity index (χ0) is 14.1. The molecule has 0 aromatic heterocycles. The first kappa shape index (κ1) is 16.4. The molecule has 0 aromatic carbocycles. The van der Waals surface area contributed by atoms with Crippen LogP contribution >= 0.6 is 8.45 Å². The van der Waals surface area contributed by atoms with Crippen molar-refractivity contribution in [3.05, 3.63) is 0 Å². The number of rotatable bonds is 2. The fourth-order valence-electron chi connectivity index (χ4n) is 2.56. The van der Waals surface area contributed by atoms with E-state index < -0.39 is 8.45 Å². The van der Waals surface area contributed by atoms with Gasteiger partial charge >= 0.3 is 0 Å². The molecule has 1 saturated heterocycles. The SMILES string of the molecule is CCO[P@]1N(C(C)(C)C)CC[C@@H](C)N1C(C)(C)C. The van der Waals surface area contributed by atoms with E-state index in [1.807, 2.05) is 0 Å². The number of hydrogen-bond donors (Lipinski definition) is 0. The van der Waals surface area contributed by atoms with Gasteiger partial charge in [0.05, 0.1) is 6.61 Å². The summed E-state index contributed by atoms with van der Waals surface area (Å²) < 4.78 is 11.3. The summed E-state index contributed by atoms with van der Waals surface area (Å²) in [6.45, 7) is 20.1. The molecule has 1 fully saturated rings. The van der Waals surface area contributed by atoms with E-state index in [9.17, 15) is 0 Å². The van der Waals surface area contributed by atoms with E-state index in [2.05, 4.69) is 64.7 Å². The Bertz CT molecular complexity index is 270. The van der Waals surface area contributed by atoms with Crippen LogP contribution in [0.15, 0.2) is 0 Å². The van der Waals surface area contributed by atoms with E-state index in [4.69, 9.17) is 4.52 Å². The van der Waals surface area contributed by atoms with Crippen molar-refractivity contribution in [3.63, 3.8) is 0 Å². The van der Waals surface area contributed by atoms with Crippen LogP contribution in [0, 0.1) is 0 Å². The van der Waals surface area contributed by atoms with Gasteiger partial charge in [0.2, 0.25) is 0 Å². The second-order valence-electron chi connectivity index (χ2n) is 7.12. The van der Waals surface area contributed by atoms with Gasteiger partial charge in [-0.25, -0.2) is 9.34 Å². The summed E-state index contributed by atoms with van der Waals surface area (Å²) in [4.78, 5) is 0. The van der Waals surface area contributed by atoms with Crippen molar-refractivity contribution in [1.82, 2.24) is 9.34 Å². The highest BCUT2D eigenvalue weighted by Crippen LogP contribution is 2.56. The predicted molar refractivity (Wildman–Crippen MR) is 80.7 cm³/mol. The van der Waals surface area contributed by atoms with Gasteiger partial charge in [-0.1, -0.05) is 0 Å². The van der Waals surface area contributed by atoms with Crippen LogP contribution in [0.4, 0.5) is 0 Å². The molecule has 0 bridgehead atoms. The summed E-state index contributed by atoms with van der Waals surface area (Å²) in [6.07, 6.45) is 1.22. The van der Waals surface area contributed by atoms with Crippen LogP contribution in [0.1, 0.15) is 61.8 Å². The van der Waals surface area contributed by atoms with Crippen molar-refractivity contribution in [2.24, 2.45) is 0 Å². The monoisotopic (exact) mass is 274 g/mol. The Kier molecular flexibility index (Phi) is 5.22. The smallest absolute Gasteiger partial charge is 0.189 e. The first-order chi connectivity index (χ1) is 8.09. The lowest BCUT2D eigenvalue weighted by molar-refractivity contribution is 0.0931. The van der Waals surface area contributed by atoms with Crippen molar-refractivity contribution >= 4 is 8.45 Å².